The van der Waals surface area contributed by atoms with E-state index >= 15 is 0 Å². The third kappa shape index (κ3) is 3.06. The number of anilines is 1. The van der Waals surface area contributed by atoms with Crippen LogP contribution in [0, 0.1) is 6.92 Å². The summed E-state index contributed by atoms with van der Waals surface area (Å²) in [4.78, 5) is 6.80. The van der Waals surface area contributed by atoms with Crippen LogP contribution in [0.5, 0.6) is 0 Å². The molecule has 1 unspecified atom stereocenters. The zero-order valence-electron chi connectivity index (χ0n) is 10.9. The summed E-state index contributed by atoms with van der Waals surface area (Å²) in [5, 5.41) is 0.844. The Labute approximate surface area is 125 Å². The van der Waals surface area contributed by atoms with Crippen LogP contribution >= 0.6 is 31.9 Å². The number of hydrogen-bond donors (Lipinski definition) is 0. The number of hydrogen-bond acceptors (Lipinski definition) is 3. The van der Waals surface area contributed by atoms with E-state index in [-0.39, 0.29) is 11.7 Å². The van der Waals surface area contributed by atoms with E-state index in [1.807, 2.05) is 12.3 Å². The molecule has 1 fully saturated rings. The van der Waals surface area contributed by atoms with Crippen molar-refractivity contribution in [2.24, 2.45) is 0 Å². The molecule has 0 bridgehead atoms. The van der Waals surface area contributed by atoms with Crippen LogP contribution in [0.2, 0.25) is 0 Å². The number of ether oxygens (including phenoxy) is 1. The van der Waals surface area contributed by atoms with E-state index in [2.05, 4.69) is 62.5 Å². The highest BCUT2D eigenvalue weighted by Gasteiger charge is 2.34. The molecule has 2 rings (SSSR count). The smallest absolute Gasteiger partial charge is 0.143 e. The van der Waals surface area contributed by atoms with Gasteiger partial charge >= 0.3 is 0 Å². The van der Waals surface area contributed by atoms with E-state index in [1.165, 1.54) is 5.56 Å². The van der Waals surface area contributed by atoms with Gasteiger partial charge in [-0.15, -0.1) is 0 Å². The van der Waals surface area contributed by atoms with Crippen LogP contribution in [0.3, 0.4) is 0 Å². The molecule has 1 aromatic rings. The Bertz CT molecular complexity index is 437. The second kappa shape index (κ2) is 5.47. The molecule has 2 heterocycles. The Hall–Kier alpha value is -0.130. The summed E-state index contributed by atoms with van der Waals surface area (Å²) in [7, 11) is 0. The fourth-order valence-corrected chi connectivity index (χ4v) is 3.11. The van der Waals surface area contributed by atoms with Crippen LogP contribution in [-0.4, -0.2) is 35.1 Å². The van der Waals surface area contributed by atoms with E-state index in [4.69, 9.17) is 4.74 Å². The Morgan fingerprint density at radius 1 is 1.56 bits per heavy atom. The van der Waals surface area contributed by atoms with Gasteiger partial charge in [0.15, 0.2) is 0 Å². The summed E-state index contributed by atoms with van der Waals surface area (Å²) in [6, 6.07) is 2.02. The number of morpholine rings is 1. The fraction of sp³-hybridized carbons (Fsp3) is 0.615. The van der Waals surface area contributed by atoms with Gasteiger partial charge in [0.1, 0.15) is 5.82 Å². The van der Waals surface area contributed by atoms with Gasteiger partial charge in [-0.05, 0) is 48.3 Å². The Balaban J connectivity index is 2.29. The summed E-state index contributed by atoms with van der Waals surface area (Å²) < 4.78 is 7.09. The molecule has 0 amide bonds. The molecule has 100 valence electrons. The SMILES string of the molecule is Cc1ccnc(N2CC(CBr)OC(C)(C)C2)c1Br. The van der Waals surface area contributed by atoms with Crippen molar-refractivity contribution >= 4 is 37.7 Å². The van der Waals surface area contributed by atoms with Crippen LogP contribution in [0.25, 0.3) is 0 Å². The highest BCUT2D eigenvalue weighted by molar-refractivity contribution is 9.10. The second-order valence-corrected chi connectivity index (χ2v) is 6.74. The molecule has 18 heavy (non-hydrogen) atoms. The van der Waals surface area contributed by atoms with E-state index in [1.54, 1.807) is 0 Å². The lowest BCUT2D eigenvalue weighted by atomic mass is 10.1. The number of aryl methyl sites for hydroxylation is 1. The molecule has 0 N–H and O–H groups in total. The van der Waals surface area contributed by atoms with Gasteiger partial charge in [0, 0.05) is 24.6 Å². The first-order valence-electron chi connectivity index (χ1n) is 6.03. The number of aromatic nitrogens is 1. The maximum absolute atomic E-state index is 6.01. The molecular formula is C13H18Br2N2O. The fourth-order valence-electron chi connectivity index (χ4n) is 2.28. The summed E-state index contributed by atoms with van der Waals surface area (Å²) in [6.45, 7) is 8.05. The predicted molar refractivity (Wildman–Crippen MR) is 81.6 cm³/mol. The van der Waals surface area contributed by atoms with Crippen molar-refractivity contribution in [1.29, 1.82) is 0 Å². The molecule has 0 aliphatic carbocycles. The number of halogens is 2. The van der Waals surface area contributed by atoms with Crippen molar-refractivity contribution in [3.8, 4) is 0 Å². The Kier molecular flexibility index (Phi) is 4.34. The molecule has 1 atom stereocenters. The molecular weight excluding hydrogens is 360 g/mol. The molecule has 1 aliphatic rings. The Morgan fingerprint density at radius 2 is 2.28 bits per heavy atom. The van der Waals surface area contributed by atoms with Gasteiger partial charge in [-0.2, -0.15) is 0 Å². The van der Waals surface area contributed by atoms with Crippen molar-refractivity contribution < 1.29 is 4.74 Å². The quantitative estimate of drug-likeness (QED) is 0.737. The summed E-state index contributed by atoms with van der Waals surface area (Å²) in [5.41, 5.74) is 1.06. The third-order valence-corrected chi connectivity index (χ3v) is 4.72. The van der Waals surface area contributed by atoms with Crippen molar-refractivity contribution in [2.45, 2.75) is 32.5 Å². The lowest BCUT2D eigenvalue weighted by Crippen LogP contribution is -2.53. The van der Waals surface area contributed by atoms with Gasteiger partial charge in [0.2, 0.25) is 0 Å². The van der Waals surface area contributed by atoms with Gasteiger partial charge in [-0.1, -0.05) is 15.9 Å². The van der Waals surface area contributed by atoms with Gasteiger partial charge in [0.05, 0.1) is 16.2 Å². The summed E-state index contributed by atoms with van der Waals surface area (Å²) in [6.07, 6.45) is 2.06. The van der Waals surface area contributed by atoms with Crippen LogP contribution in [-0.2, 0) is 4.74 Å². The minimum atomic E-state index is -0.151. The van der Waals surface area contributed by atoms with Crippen LogP contribution < -0.4 is 4.90 Å². The first-order valence-corrected chi connectivity index (χ1v) is 7.94. The van der Waals surface area contributed by atoms with Crippen LogP contribution in [0.4, 0.5) is 5.82 Å². The molecule has 3 nitrogen and oxygen atoms in total. The van der Waals surface area contributed by atoms with E-state index in [9.17, 15) is 0 Å². The number of pyridine rings is 1. The molecule has 1 saturated heterocycles. The minimum Gasteiger partial charge on any atom is -0.368 e. The van der Waals surface area contributed by atoms with Crippen molar-refractivity contribution in [3.05, 3.63) is 22.3 Å². The first-order chi connectivity index (χ1) is 8.43. The van der Waals surface area contributed by atoms with Crippen LogP contribution in [0.1, 0.15) is 19.4 Å². The molecule has 0 spiro atoms. The second-order valence-electron chi connectivity index (χ2n) is 5.30. The Morgan fingerprint density at radius 3 is 2.94 bits per heavy atom. The largest absolute Gasteiger partial charge is 0.368 e. The predicted octanol–water partition coefficient (Wildman–Crippen LogP) is 3.53. The number of rotatable bonds is 2. The highest BCUT2D eigenvalue weighted by atomic mass is 79.9. The van der Waals surface area contributed by atoms with E-state index in [0.29, 0.717) is 0 Å². The number of nitrogens with zero attached hydrogens (tertiary/aromatic N) is 2. The third-order valence-electron chi connectivity index (χ3n) is 3.02. The molecule has 0 saturated carbocycles. The zero-order chi connectivity index (χ0) is 13.3. The molecule has 1 aliphatic heterocycles. The first kappa shape index (κ1) is 14.3. The van der Waals surface area contributed by atoms with Gasteiger partial charge in [-0.3, -0.25) is 0 Å². The molecule has 1 aromatic heterocycles. The van der Waals surface area contributed by atoms with E-state index < -0.39 is 0 Å². The zero-order valence-corrected chi connectivity index (χ0v) is 14.1. The normalized spacial score (nSPS) is 23.2. The van der Waals surface area contributed by atoms with Gasteiger partial charge < -0.3 is 9.64 Å². The van der Waals surface area contributed by atoms with Gasteiger partial charge in [-0.25, -0.2) is 4.98 Å². The lowest BCUT2D eigenvalue weighted by Gasteiger charge is -2.43. The minimum absolute atomic E-state index is 0.151. The van der Waals surface area contributed by atoms with Crippen molar-refractivity contribution in [2.75, 3.05) is 23.3 Å². The van der Waals surface area contributed by atoms with Gasteiger partial charge in [0.25, 0.3) is 0 Å². The molecule has 0 radical (unpaired) electrons. The monoisotopic (exact) mass is 376 g/mol. The summed E-state index contributed by atoms with van der Waals surface area (Å²) >= 11 is 7.15. The average Bonchev–Trinajstić information content (AvgIpc) is 2.30. The molecule has 0 aromatic carbocycles. The van der Waals surface area contributed by atoms with Crippen molar-refractivity contribution in [3.63, 3.8) is 0 Å². The van der Waals surface area contributed by atoms with E-state index in [0.717, 1.165) is 28.7 Å². The van der Waals surface area contributed by atoms with Crippen LogP contribution in [0.15, 0.2) is 16.7 Å². The lowest BCUT2D eigenvalue weighted by molar-refractivity contribution is -0.0726. The standard InChI is InChI=1S/C13H18Br2N2O/c1-9-4-5-16-12(11(9)15)17-7-10(6-14)18-13(2,3)8-17/h4-5,10H,6-8H2,1-3H3. The number of alkyl halides is 1. The average molecular weight is 378 g/mol. The highest BCUT2D eigenvalue weighted by Crippen LogP contribution is 2.31. The topological polar surface area (TPSA) is 25.4 Å². The maximum Gasteiger partial charge on any atom is 0.143 e. The molecule has 5 heteroatoms. The maximum atomic E-state index is 6.01. The summed E-state index contributed by atoms with van der Waals surface area (Å²) in [5.74, 6) is 1.01. The van der Waals surface area contributed by atoms with Crippen molar-refractivity contribution in [1.82, 2.24) is 4.98 Å².